The molecule has 2 fully saturated rings. The fourth-order valence-electron chi connectivity index (χ4n) is 5.95. The summed E-state index contributed by atoms with van der Waals surface area (Å²) >= 11 is 0. The number of aromatic amines is 1. The van der Waals surface area contributed by atoms with Crippen molar-refractivity contribution in [1.82, 2.24) is 25.1 Å². The van der Waals surface area contributed by atoms with Gasteiger partial charge in [0.05, 0.1) is 10.9 Å². The molecule has 4 heterocycles. The Labute approximate surface area is 220 Å². The van der Waals surface area contributed by atoms with Crippen molar-refractivity contribution in [2.24, 2.45) is 0 Å². The largest absolute Gasteiger partial charge is 0.474 e. The SMILES string of the molecule is BC1(B)OC(B)(B)C(B)(B)N(c2cc3ncccc3c(O[C@H]3CC[C@@H](c4nc[nH]n4)CC3)n2)C1(B)B. The molecule has 1 N–H and O–H groups in total. The van der Waals surface area contributed by atoms with Gasteiger partial charge in [0, 0.05) is 29.0 Å². The smallest absolute Gasteiger partial charge is 0.225 e. The second-order valence-corrected chi connectivity index (χ2v) is 12.4. The first-order valence-electron chi connectivity index (χ1n) is 13.1. The van der Waals surface area contributed by atoms with Gasteiger partial charge in [-0.2, -0.15) is 10.1 Å². The Morgan fingerprint density at radius 3 is 2.22 bits per heavy atom. The summed E-state index contributed by atoms with van der Waals surface area (Å²) in [4.78, 5) is 16.7. The van der Waals surface area contributed by atoms with Crippen molar-refractivity contribution in [2.45, 2.75) is 59.2 Å². The molecule has 0 atom stereocenters. The lowest BCUT2D eigenvalue weighted by atomic mass is 9.30. The van der Waals surface area contributed by atoms with E-state index in [0.29, 0.717) is 11.8 Å². The van der Waals surface area contributed by atoms with E-state index >= 15 is 0 Å². The maximum Gasteiger partial charge on any atom is 0.225 e. The Hall–Kier alpha value is -2.22. The van der Waals surface area contributed by atoms with Crippen LogP contribution in [0.15, 0.2) is 30.7 Å². The van der Waals surface area contributed by atoms with E-state index in [0.717, 1.165) is 48.2 Å². The van der Waals surface area contributed by atoms with Crippen LogP contribution in [-0.4, -0.2) is 115 Å². The van der Waals surface area contributed by atoms with Crippen LogP contribution in [0, 0.1) is 0 Å². The number of pyridine rings is 2. The van der Waals surface area contributed by atoms with Crippen molar-refractivity contribution < 1.29 is 9.47 Å². The number of ether oxygens (including phenoxy) is 2. The number of hydrogen-bond acceptors (Lipinski definition) is 7. The quantitative estimate of drug-likeness (QED) is 0.377. The molecule has 3 aromatic rings. The molecule has 1 aliphatic carbocycles. The first-order chi connectivity index (χ1) is 16.8. The van der Waals surface area contributed by atoms with Gasteiger partial charge in [-0.15, -0.1) is 0 Å². The van der Waals surface area contributed by atoms with Crippen molar-refractivity contribution in [2.75, 3.05) is 4.90 Å². The van der Waals surface area contributed by atoms with Crippen molar-refractivity contribution >= 4 is 79.5 Å². The third-order valence-electron chi connectivity index (χ3n) is 9.11. The minimum Gasteiger partial charge on any atom is -0.474 e. The lowest BCUT2D eigenvalue weighted by Crippen LogP contribution is -2.86. The molecule has 5 rings (SSSR count). The van der Waals surface area contributed by atoms with Crippen LogP contribution in [0.4, 0.5) is 5.82 Å². The van der Waals surface area contributed by atoms with Crippen molar-refractivity contribution in [3.05, 3.63) is 36.5 Å². The predicted octanol–water partition coefficient (Wildman–Crippen LogP) is -5.63. The van der Waals surface area contributed by atoms with E-state index in [1.165, 1.54) is 0 Å². The Morgan fingerprint density at radius 2 is 1.61 bits per heavy atom. The molecule has 36 heavy (non-hydrogen) atoms. The second-order valence-electron chi connectivity index (χ2n) is 12.4. The summed E-state index contributed by atoms with van der Waals surface area (Å²) in [5.74, 6) is 2.81. The summed E-state index contributed by atoms with van der Waals surface area (Å²) in [6.45, 7) is 0. The summed E-state index contributed by atoms with van der Waals surface area (Å²) < 4.78 is 13.3. The molecule has 178 valence electrons. The van der Waals surface area contributed by atoms with Gasteiger partial charge in [0.1, 0.15) is 81.0 Å². The highest BCUT2D eigenvalue weighted by molar-refractivity contribution is 6.61. The zero-order valence-electron chi connectivity index (χ0n) is 22.9. The molecule has 0 amide bonds. The lowest BCUT2D eigenvalue weighted by Gasteiger charge is -2.69. The van der Waals surface area contributed by atoms with Crippen molar-refractivity contribution in [1.29, 1.82) is 0 Å². The first-order valence-corrected chi connectivity index (χ1v) is 13.1. The second kappa shape index (κ2) is 8.67. The monoisotopic (exact) mass is 476 g/mol. The fourth-order valence-corrected chi connectivity index (χ4v) is 5.95. The zero-order chi connectivity index (χ0) is 25.9. The molecule has 1 saturated heterocycles. The molecule has 16 heteroatoms. The topological polar surface area (TPSA) is 89.0 Å². The van der Waals surface area contributed by atoms with Crippen LogP contribution in [0.25, 0.3) is 10.9 Å². The van der Waals surface area contributed by atoms with E-state index in [1.807, 2.05) is 12.3 Å². The number of nitrogens with zero attached hydrogens (tertiary/aromatic N) is 5. The number of aromatic nitrogens is 5. The highest BCUT2D eigenvalue weighted by Gasteiger charge is 2.59. The van der Waals surface area contributed by atoms with E-state index in [1.54, 1.807) is 6.33 Å². The number of hydrogen-bond donors (Lipinski definition) is 1. The Morgan fingerprint density at radius 1 is 0.944 bits per heavy atom. The van der Waals surface area contributed by atoms with E-state index in [4.69, 9.17) is 19.4 Å². The van der Waals surface area contributed by atoms with Crippen LogP contribution >= 0.6 is 0 Å². The van der Waals surface area contributed by atoms with Gasteiger partial charge in [0.25, 0.3) is 0 Å². The fraction of sp³-hybridized carbons (Fsp3) is 0.500. The van der Waals surface area contributed by atoms with Crippen LogP contribution in [-0.2, 0) is 4.74 Å². The standard InChI is InChI=1S/C20H32B8N6O2/c21-17(22)19(25,26)36-20(27,28)18(23,24)34(17)14-8-13-12(2-1-7-29-13)16(32-14)35-11-5-3-10(4-6-11)15-30-9-31-33-15/h1-2,7-11H,3-6,21-28H2,(H,30,31,33)/t10-,11+. The highest BCUT2D eigenvalue weighted by Crippen LogP contribution is 2.44. The average molecular weight is 475 g/mol. The molecule has 0 radical (unpaired) electrons. The van der Waals surface area contributed by atoms with E-state index in [-0.39, 0.29) is 16.8 Å². The van der Waals surface area contributed by atoms with Gasteiger partial charge in [-0.1, -0.05) is 0 Å². The summed E-state index contributed by atoms with van der Waals surface area (Å²) in [6.07, 6.45) is 7.49. The molecule has 8 nitrogen and oxygen atoms in total. The minimum absolute atomic E-state index is 0.102. The van der Waals surface area contributed by atoms with Crippen molar-refractivity contribution in [3.8, 4) is 5.88 Å². The van der Waals surface area contributed by atoms with Gasteiger partial charge in [-0.3, -0.25) is 10.1 Å². The summed E-state index contributed by atoms with van der Waals surface area (Å²) in [5, 5.41) is 6.57. The maximum absolute atomic E-state index is 6.69. The van der Waals surface area contributed by atoms with Gasteiger partial charge in [-0.05, 0) is 48.5 Å². The van der Waals surface area contributed by atoms with Gasteiger partial charge >= 0.3 is 0 Å². The van der Waals surface area contributed by atoms with E-state index < -0.39 is 10.8 Å². The molecule has 0 unspecified atom stereocenters. The molecule has 0 spiro atoms. The maximum atomic E-state index is 6.69. The van der Waals surface area contributed by atoms with Crippen molar-refractivity contribution in [3.63, 3.8) is 0 Å². The third kappa shape index (κ3) is 4.09. The highest BCUT2D eigenvalue weighted by atomic mass is 16.5. The van der Waals surface area contributed by atoms with E-state index in [9.17, 15) is 0 Å². The average Bonchev–Trinajstić information content (AvgIpc) is 3.33. The zero-order valence-corrected chi connectivity index (χ0v) is 22.9. The molecule has 0 bridgehead atoms. The number of anilines is 1. The molecule has 1 aliphatic heterocycles. The first kappa shape index (κ1) is 25.4. The Bertz CT molecular complexity index is 1220. The molecule has 0 aromatic carbocycles. The lowest BCUT2D eigenvalue weighted by molar-refractivity contribution is -0.0257. The minimum atomic E-state index is -0.410. The molecule has 1 saturated carbocycles. The third-order valence-corrected chi connectivity index (χ3v) is 9.11. The van der Waals surface area contributed by atoms with Gasteiger partial charge < -0.3 is 14.4 Å². The Balaban J connectivity index is 1.51. The molecule has 3 aromatic heterocycles. The molecular formula is C20H32B8N6O2. The van der Waals surface area contributed by atoms with Crippen LogP contribution < -0.4 is 9.64 Å². The summed E-state index contributed by atoms with van der Waals surface area (Å²) in [6, 6.07) is 6.10. The van der Waals surface area contributed by atoms with Gasteiger partial charge in [0.2, 0.25) is 5.88 Å². The van der Waals surface area contributed by atoms with Gasteiger partial charge in [0.15, 0.2) is 5.82 Å². The Kier molecular flexibility index (Phi) is 6.13. The summed E-state index contributed by atoms with van der Waals surface area (Å²) in [5.41, 5.74) is 0.889. The molecule has 2 aliphatic rings. The number of rotatable bonds is 4. The predicted molar refractivity (Wildman–Crippen MR) is 164 cm³/mol. The number of H-pyrrole nitrogens is 1. The van der Waals surface area contributed by atoms with E-state index in [2.05, 4.69) is 95.0 Å². The van der Waals surface area contributed by atoms with Gasteiger partial charge in [-0.25, -0.2) is 4.98 Å². The number of fused-ring (bicyclic) bond motifs is 1. The molecular weight excluding hydrogens is 443 g/mol. The van der Waals surface area contributed by atoms with Crippen LogP contribution in [0.5, 0.6) is 5.88 Å². The number of nitrogens with one attached hydrogen (secondary N) is 1. The van der Waals surface area contributed by atoms with Crippen LogP contribution in [0.1, 0.15) is 37.4 Å². The summed E-state index contributed by atoms with van der Waals surface area (Å²) in [7, 11) is 17.6. The normalized spacial score (nSPS) is 26.4. The van der Waals surface area contributed by atoms with Crippen LogP contribution in [0.2, 0.25) is 0 Å². The number of morpholine rings is 1. The van der Waals surface area contributed by atoms with Crippen LogP contribution in [0.3, 0.4) is 0 Å².